The number of benzene rings is 1. The molecule has 0 aliphatic carbocycles. The molecule has 31 heavy (non-hydrogen) atoms. The zero-order valence-electron chi connectivity index (χ0n) is 16.8. The number of aliphatic hydroxyl groups excluding tert-OH is 1. The summed E-state index contributed by atoms with van der Waals surface area (Å²) in [7, 11) is 0. The number of hydrogen-bond acceptors (Lipinski definition) is 7. The molecule has 2 saturated heterocycles. The lowest BCUT2D eigenvalue weighted by molar-refractivity contribution is -0.140. The third-order valence-corrected chi connectivity index (χ3v) is 5.80. The number of nitrogens with zero attached hydrogens (tertiary/aromatic N) is 2. The smallest absolute Gasteiger partial charge is 0.295 e. The van der Waals surface area contributed by atoms with E-state index in [1.54, 1.807) is 42.7 Å². The second kappa shape index (κ2) is 8.03. The van der Waals surface area contributed by atoms with E-state index in [2.05, 4.69) is 4.98 Å². The average molecular weight is 422 g/mol. The molecule has 1 amide bonds. The number of ketones is 1. The molecule has 3 aliphatic heterocycles. The van der Waals surface area contributed by atoms with Crippen molar-refractivity contribution in [2.45, 2.75) is 25.0 Å². The van der Waals surface area contributed by atoms with Crippen molar-refractivity contribution >= 4 is 17.4 Å². The number of amides is 1. The molecule has 2 fully saturated rings. The summed E-state index contributed by atoms with van der Waals surface area (Å²) < 4.78 is 16.8. The summed E-state index contributed by atoms with van der Waals surface area (Å²) in [6.07, 6.45) is 4.83. The first kappa shape index (κ1) is 19.6. The Balaban J connectivity index is 1.59. The van der Waals surface area contributed by atoms with Crippen LogP contribution < -0.4 is 9.47 Å². The van der Waals surface area contributed by atoms with Gasteiger partial charge in [0.1, 0.15) is 19.0 Å². The molecule has 0 radical (unpaired) electrons. The van der Waals surface area contributed by atoms with Gasteiger partial charge in [-0.1, -0.05) is 0 Å². The second-order valence-electron chi connectivity index (χ2n) is 7.73. The van der Waals surface area contributed by atoms with E-state index in [1.807, 2.05) is 0 Å². The van der Waals surface area contributed by atoms with E-state index in [4.69, 9.17) is 14.2 Å². The summed E-state index contributed by atoms with van der Waals surface area (Å²) in [5.74, 6) is -0.535. The van der Waals surface area contributed by atoms with Gasteiger partial charge in [-0.05, 0) is 48.7 Å². The quantitative estimate of drug-likeness (QED) is 0.459. The van der Waals surface area contributed by atoms with Gasteiger partial charge in [0.2, 0.25) is 0 Å². The van der Waals surface area contributed by atoms with Crippen LogP contribution in [0.5, 0.6) is 11.5 Å². The van der Waals surface area contributed by atoms with E-state index in [0.717, 1.165) is 12.8 Å². The van der Waals surface area contributed by atoms with Crippen LogP contribution in [-0.4, -0.2) is 59.2 Å². The fourth-order valence-electron chi connectivity index (χ4n) is 4.31. The lowest BCUT2D eigenvalue weighted by Crippen LogP contribution is -2.36. The highest BCUT2D eigenvalue weighted by molar-refractivity contribution is 6.46. The van der Waals surface area contributed by atoms with Gasteiger partial charge in [0.05, 0.1) is 17.7 Å². The molecule has 160 valence electrons. The minimum Gasteiger partial charge on any atom is -0.507 e. The molecule has 0 saturated carbocycles. The SMILES string of the molecule is O=C1C(=O)N(CC2CCCO2)C(c2ccncc2)C1=C(O)c1ccc2c(c1)OCCO2. The van der Waals surface area contributed by atoms with Crippen LogP contribution in [-0.2, 0) is 14.3 Å². The number of carbonyl (C=O) groups excluding carboxylic acids is 2. The Kier molecular flexibility index (Phi) is 5.07. The molecule has 1 aromatic carbocycles. The van der Waals surface area contributed by atoms with Crippen molar-refractivity contribution < 1.29 is 28.9 Å². The first-order valence-corrected chi connectivity index (χ1v) is 10.3. The maximum atomic E-state index is 13.1. The van der Waals surface area contributed by atoms with Crippen molar-refractivity contribution in [1.82, 2.24) is 9.88 Å². The highest BCUT2D eigenvalue weighted by atomic mass is 16.6. The lowest BCUT2D eigenvalue weighted by Gasteiger charge is -2.27. The predicted octanol–water partition coefficient (Wildman–Crippen LogP) is 2.45. The molecule has 0 spiro atoms. The maximum absolute atomic E-state index is 13.1. The van der Waals surface area contributed by atoms with Crippen LogP contribution in [0, 0.1) is 0 Å². The largest absolute Gasteiger partial charge is 0.507 e. The van der Waals surface area contributed by atoms with Crippen LogP contribution in [0.25, 0.3) is 5.76 Å². The molecule has 8 heteroatoms. The van der Waals surface area contributed by atoms with Gasteiger partial charge in [0.25, 0.3) is 11.7 Å². The average Bonchev–Trinajstić information content (AvgIpc) is 3.41. The van der Waals surface area contributed by atoms with Gasteiger partial charge < -0.3 is 24.2 Å². The molecule has 4 heterocycles. The van der Waals surface area contributed by atoms with E-state index in [9.17, 15) is 14.7 Å². The van der Waals surface area contributed by atoms with E-state index >= 15 is 0 Å². The third-order valence-electron chi connectivity index (χ3n) is 5.80. The summed E-state index contributed by atoms with van der Waals surface area (Å²) in [5.41, 5.74) is 1.13. The van der Waals surface area contributed by atoms with Crippen molar-refractivity contribution in [3.05, 3.63) is 59.4 Å². The maximum Gasteiger partial charge on any atom is 0.295 e. The van der Waals surface area contributed by atoms with E-state index in [-0.39, 0.29) is 24.0 Å². The summed E-state index contributed by atoms with van der Waals surface area (Å²) in [4.78, 5) is 31.6. The predicted molar refractivity (Wildman–Crippen MR) is 110 cm³/mol. The molecule has 2 aromatic rings. The number of hydrogen-bond donors (Lipinski definition) is 1. The van der Waals surface area contributed by atoms with Crippen LogP contribution in [0.3, 0.4) is 0 Å². The van der Waals surface area contributed by atoms with Gasteiger partial charge >= 0.3 is 0 Å². The number of aliphatic hydroxyl groups is 1. The number of ether oxygens (including phenoxy) is 3. The molecule has 2 atom stereocenters. The van der Waals surface area contributed by atoms with Crippen molar-refractivity contribution in [2.75, 3.05) is 26.4 Å². The number of rotatable bonds is 4. The van der Waals surface area contributed by atoms with Crippen LogP contribution in [0.15, 0.2) is 48.3 Å². The Morgan fingerprint density at radius 2 is 1.84 bits per heavy atom. The van der Waals surface area contributed by atoms with Crippen molar-refractivity contribution in [1.29, 1.82) is 0 Å². The lowest BCUT2D eigenvalue weighted by atomic mass is 9.95. The molecular formula is C23H22N2O6. The Hall–Kier alpha value is -3.39. The molecule has 2 unspecified atom stereocenters. The number of likely N-dealkylation sites (tertiary alicyclic amines) is 1. The van der Waals surface area contributed by atoms with Gasteiger partial charge in [0.15, 0.2) is 11.5 Å². The zero-order chi connectivity index (χ0) is 21.4. The molecule has 5 rings (SSSR count). The van der Waals surface area contributed by atoms with Crippen LogP contribution in [0.4, 0.5) is 0 Å². The highest BCUT2D eigenvalue weighted by Crippen LogP contribution is 2.41. The number of Topliss-reactive ketones (excluding diaryl/α,β-unsaturated/α-hetero) is 1. The van der Waals surface area contributed by atoms with Gasteiger partial charge in [0, 0.05) is 31.1 Å². The summed E-state index contributed by atoms with van der Waals surface area (Å²) in [5, 5.41) is 11.2. The topological polar surface area (TPSA) is 98.2 Å². The molecule has 0 bridgehead atoms. The first-order chi connectivity index (χ1) is 15.1. The van der Waals surface area contributed by atoms with Crippen LogP contribution in [0.1, 0.15) is 30.0 Å². The van der Waals surface area contributed by atoms with Gasteiger partial charge in [-0.2, -0.15) is 0 Å². The summed E-state index contributed by atoms with van der Waals surface area (Å²) >= 11 is 0. The fourth-order valence-corrected chi connectivity index (χ4v) is 4.31. The number of fused-ring (bicyclic) bond motifs is 1. The van der Waals surface area contributed by atoms with Crippen molar-refractivity contribution in [3.8, 4) is 11.5 Å². The summed E-state index contributed by atoms with van der Waals surface area (Å²) in [6.45, 7) is 1.79. The van der Waals surface area contributed by atoms with Gasteiger partial charge in [-0.15, -0.1) is 0 Å². The van der Waals surface area contributed by atoms with Gasteiger partial charge in [-0.25, -0.2) is 0 Å². The fraction of sp³-hybridized carbons (Fsp3) is 0.348. The minimum absolute atomic E-state index is 0.0471. The standard InChI is InChI=1S/C23H22N2O6/c26-21(15-3-4-17-18(12-15)31-11-10-30-17)19-20(14-5-7-24-8-6-14)25(23(28)22(19)27)13-16-2-1-9-29-16/h3-8,12,16,20,26H,1-2,9-11,13H2. The highest BCUT2D eigenvalue weighted by Gasteiger charge is 2.47. The summed E-state index contributed by atoms with van der Waals surface area (Å²) in [6, 6.07) is 7.74. The second-order valence-corrected chi connectivity index (χ2v) is 7.73. The molecule has 1 N–H and O–H groups in total. The van der Waals surface area contributed by atoms with E-state index in [0.29, 0.717) is 42.4 Å². The molecule has 1 aromatic heterocycles. The van der Waals surface area contributed by atoms with E-state index in [1.165, 1.54) is 4.90 Å². The van der Waals surface area contributed by atoms with Crippen molar-refractivity contribution in [3.63, 3.8) is 0 Å². The Labute approximate surface area is 179 Å². The number of pyridine rings is 1. The minimum atomic E-state index is -0.722. The van der Waals surface area contributed by atoms with Crippen molar-refractivity contribution in [2.24, 2.45) is 0 Å². The number of carbonyl (C=O) groups is 2. The monoisotopic (exact) mass is 422 g/mol. The van der Waals surface area contributed by atoms with Crippen LogP contribution in [0.2, 0.25) is 0 Å². The molecule has 8 nitrogen and oxygen atoms in total. The molecule has 3 aliphatic rings. The Morgan fingerprint density at radius 3 is 2.58 bits per heavy atom. The molecular weight excluding hydrogens is 400 g/mol. The first-order valence-electron chi connectivity index (χ1n) is 10.3. The van der Waals surface area contributed by atoms with Gasteiger partial charge in [-0.3, -0.25) is 14.6 Å². The Morgan fingerprint density at radius 1 is 1.06 bits per heavy atom. The van der Waals surface area contributed by atoms with Crippen LogP contribution >= 0.6 is 0 Å². The Bertz CT molecular complexity index is 1050. The third kappa shape index (κ3) is 3.53. The van der Waals surface area contributed by atoms with E-state index < -0.39 is 17.7 Å². The normalized spacial score (nSPS) is 24.6. The zero-order valence-corrected chi connectivity index (χ0v) is 16.8. The number of aromatic nitrogens is 1.